The van der Waals surface area contributed by atoms with Crippen LogP contribution >= 0.6 is 0 Å². The average Bonchev–Trinajstić information content (AvgIpc) is 2.63. The second-order valence-electron chi connectivity index (χ2n) is 9.85. The van der Waals surface area contributed by atoms with E-state index in [-0.39, 0.29) is 24.1 Å². The second kappa shape index (κ2) is 9.49. The number of nitrogens with two attached hydrogens (primary N) is 1. The molecule has 0 saturated heterocycles. The summed E-state index contributed by atoms with van der Waals surface area (Å²) in [5.74, 6) is -0.0753. The summed E-state index contributed by atoms with van der Waals surface area (Å²) in [6.07, 6.45) is -4.00. The number of hydrogen-bond donors (Lipinski definition) is 2. The largest absolute Gasteiger partial charge is 0.491 e. The minimum Gasteiger partial charge on any atom is -0.491 e. The third-order valence-electron chi connectivity index (χ3n) is 5.19. The smallest absolute Gasteiger partial charge is 0.419 e. The Morgan fingerprint density at radius 1 is 1.12 bits per heavy atom. The number of amides is 1. The van der Waals surface area contributed by atoms with Gasteiger partial charge in [0.15, 0.2) is 0 Å². The van der Waals surface area contributed by atoms with Crippen LogP contribution in [-0.2, 0) is 6.18 Å². The summed E-state index contributed by atoms with van der Waals surface area (Å²) in [7, 11) is 0. The number of alkyl halides is 3. The Bertz CT molecular complexity index is 987. The third-order valence-corrected chi connectivity index (χ3v) is 5.19. The van der Waals surface area contributed by atoms with Crippen LogP contribution in [0, 0.1) is 5.92 Å². The molecule has 0 saturated carbocycles. The van der Waals surface area contributed by atoms with Crippen LogP contribution in [-0.4, -0.2) is 38.8 Å². The second-order valence-corrected chi connectivity index (χ2v) is 9.85. The van der Waals surface area contributed by atoms with Crippen LogP contribution < -0.4 is 10.5 Å². The molecule has 0 aliphatic carbocycles. The fourth-order valence-electron chi connectivity index (χ4n) is 4.34. The van der Waals surface area contributed by atoms with Crippen molar-refractivity contribution in [3.05, 3.63) is 42.1 Å². The van der Waals surface area contributed by atoms with E-state index in [1.165, 1.54) is 29.3 Å². The first-order valence-electron chi connectivity index (χ1n) is 10.6. The molecule has 2 aromatic rings. The van der Waals surface area contributed by atoms with Gasteiger partial charge in [-0.25, -0.2) is 9.78 Å². The van der Waals surface area contributed by atoms with Gasteiger partial charge < -0.3 is 15.6 Å². The average molecular weight is 468 g/mol. The number of carbonyl (C=O) groups is 1. The van der Waals surface area contributed by atoms with Gasteiger partial charge in [0, 0.05) is 11.7 Å². The molecule has 182 valence electrons. The first kappa shape index (κ1) is 26.3. The van der Waals surface area contributed by atoms with Crippen molar-refractivity contribution in [2.75, 3.05) is 12.3 Å². The number of nitrogen functional groups attached to an aromatic ring is 1. The molecule has 3 N–H and O–H groups in total. The van der Waals surface area contributed by atoms with E-state index in [4.69, 9.17) is 10.5 Å². The highest BCUT2D eigenvalue weighted by molar-refractivity contribution is 5.68. The summed E-state index contributed by atoms with van der Waals surface area (Å²) >= 11 is 0. The number of pyridine rings is 1. The predicted octanol–water partition coefficient (Wildman–Crippen LogP) is 6.31. The zero-order chi connectivity index (χ0) is 25.2. The van der Waals surface area contributed by atoms with Gasteiger partial charge in [0.25, 0.3) is 0 Å². The van der Waals surface area contributed by atoms with Gasteiger partial charge in [0.2, 0.25) is 0 Å². The number of aromatic nitrogens is 1. The Labute approximate surface area is 192 Å². The lowest BCUT2D eigenvalue weighted by molar-refractivity contribution is -0.139. The number of carboxylic acid groups (broad SMARTS) is 1. The van der Waals surface area contributed by atoms with Crippen molar-refractivity contribution >= 4 is 11.9 Å². The summed E-state index contributed by atoms with van der Waals surface area (Å²) in [5, 5.41) is 9.90. The van der Waals surface area contributed by atoms with Crippen LogP contribution in [0.3, 0.4) is 0 Å². The van der Waals surface area contributed by atoms with Gasteiger partial charge in [-0.3, -0.25) is 4.90 Å². The van der Waals surface area contributed by atoms with Crippen molar-refractivity contribution in [1.29, 1.82) is 0 Å². The molecule has 0 aliphatic rings. The lowest BCUT2D eigenvalue weighted by Gasteiger charge is -2.47. The van der Waals surface area contributed by atoms with Gasteiger partial charge in [-0.2, -0.15) is 13.2 Å². The van der Waals surface area contributed by atoms with Crippen molar-refractivity contribution in [1.82, 2.24) is 9.88 Å². The minimum atomic E-state index is -4.67. The van der Waals surface area contributed by atoms with E-state index in [0.717, 1.165) is 6.07 Å². The number of benzene rings is 1. The Morgan fingerprint density at radius 2 is 1.73 bits per heavy atom. The Morgan fingerprint density at radius 3 is 2.21 bits per heavy atom. The third kappa shape index (κ3) is 6.52. The Hall–Kier alpha value is -2.97. The van der Waals surface area contributed by atoms with Gasteiger partial charge in [0.05, 0.1) is 11.1 Å². The highest BCUT2D eigenvalue weighted by atomic mass is 19.4. The molecule has 1 amide bonds. The van der Waals surface area contributed by atoms with E-state index in [1.54, 1.807) is 33.8 Å². The molecule has 0 radical (unpaired) electrons. The highest BCUT2D eigenvalue weighted by Gasteiger charge is 2.44. The number of anilines is 1. The topological polar surface area (TPSA) is 88.7 Å². The fourth-order valence-corrected chi connectivity index (χ4v) is 4.34. The quantitative estimate of drug-likeness (QED) is 0.498. The molecule has 1 unspecified atom stereocenters. The molecule has 6 nitrogen and oxygen atoms in total. The summed E-state index contributed by atoms with van der Waals surface area (Å²) in [4.78, 5) is 17.2. The zero-order valence-corrected chi connectivity index (χ0v) is 19.8. The minimum absolute atomic E-state index is 0.0874. The molecule has 9 heteroatoms. The maximum atomic E-state index is 13.9. The monoisotopic (exact) mass is 467 g/mol. The van der Waals surface area contributed by atoms with Crippen LogP contribution in [0.1, 0.15) is 53.5 Å². The molecule has 1 heterocycles. The lowest BCUT2D eigenvalue weighted by atomic mass is 9.86. The van der Waals surface area contributed by atoms with Crippen LogP contribution in [0.25, 0.3) is 11.1 Å². The summed E-state index contributed by atoms with van der Waals surface area (Å²) < 4.78 is 47.4. The molecule has 33 heavy (non-hydrogen) atoms. The number of ether oxygens (including phenoxy) is 1. The van der Waals surface area contributed by atoms with E-state index in [1.807, 2.05) is 13.8 Å². The Kier molecular flexibility index (Phi) is 7.56. The Balaban J connectivity index is 2.47. The van der Waals surface area contributed by atoms with E-state index < -0.39 is 28.9 Å². The normalized spacial score (nSPS) is 14.1. The first-order valence-corrected chi connectivity index (χ1v) is 10.6. The van der Waals surface area contributed by atoms with Gasteiger partial charge >= 0.3 is 12.3 Å². The molecule has 2 rings (SSSR count). The van der Waals surface area contributed by atoms with Crippen molar-refractivity contribution in [2.45, 2.75) is 65.2 Å². The number of nitrogens with zero attached hydrogens (tertiary/aromatic N) is 2. The first-order chi connectivity index (χ1) is 15.0. The SMILES string of the molecule is CC(C)CC(C)(COc1ccc(-c2ccnc(N)c2)cc1C(F)(F)F)N(C(=O)O)C(C)(C)C. The molecule has 0 aliphatic heterocycles. The molecule has 0 spiro atoms. The van der Waals surface area contributed by atoms with E-state index >= 15 is 0 Å². The molecule has 1 aromatic heterocycles. The lowest BCUT2D eigenvalue weighted by Crippen LogP contribution is -2.61. The summed E-state index contributed by atoms with van der Waals surface area (Å²) in [6.45, 7) is 10.6. The maximum absolute atomic E-state index is 13.9. The van der Waals surface area contributed by atoms with Gasteiger partial charge in [-0.05, 0) is 75.4 Å². The van der Waals surface area contributed by atoms with Crippen molar-refractivity contribution in [3.8, 4) is 16.9 Å². The van der Waals surface area contributed by atoms with Crippen LogP contribution in [0.5, 0.6) is 5.75 Å². The van der Waals surface area contributed by atoms with Crippen molar-refractivity contribution in [3.63, 3.8) is 0 Å². The summed E-state index contributed by atoms with van der Waals surface area (Å²) in [5.41, 5.74) is 3.69. The van der Waals surface area contributed by atoms with Gasteiger partial charge in [-0.15, -0.1) is 0 Å². The molecule has 0 bridgehead atoms. The van der Waals surface area contributed by atoms with Crippen molar-refractivity contribution in [2.24, 2.45) is 5.92 Å². The zero-order valence-electron chi connectivity index (χ0n) is 19.8. The highest BCUT2D eigenvalue weighted by Crippen LogP contribution is 2.40. The van der Waals surface area contributed by atoms with Crippen LogP contribution in [0.4, 0.5) is 23.8 Å². The fraction of sp³-hybridized carbons (Fsp3) is 0.500. The standard InChI is InChI=1S/C24H32F3N3O3/c1-15(2)13-23(6,30(21(31)32)22(3,4)5)14-33-19-8-7-16(11-18(19)24(25,26)27)17-9-10-29-20(28)12-17/h7-12,15H,13-14H2,1-6H3,(H2,28,29)(H,31,32). The molecular formula is C24H32F3N3O3. The van der Waals surface area contributed by atoms with E-state index in [2.05, 4.69) is 4.98 Å². The van der Waals surface area contributed by atoms with Crippen molar-refractivity contribution < 1.29 is 27.8 Å². The maximum Gasteiger partial charge on any atom is 0.419 e. The number of rotatable bonds is 7. The number of halogens is 3. The molecule has 1 aromatic carbocycles. The summed E-state index contributed by atoms with van der Waals surface area (Å²) in [6, 6.07) is 6.83. The molecular weight excluding hydrogens is 435 g/mol. The van der Waals surface area contributed by atoms with Gasteiger partial charge in [-0.1, -0.05) is 19.9 Å². The van der Waals surface area contributed by atoms with E-state index in [9.17, 15) is 23.1 Å². The van der Waals surface area contributed by atoms with Gasteiger partial charge in [0.1, 0.15) is 18.2 Å². The van der Waals surface area contributed by atoms with E-state index in [0.29, 0.717) is 17.5 Å². The number of hydrogen-bond acceptors (Lipinski definition) is 4. The van der Waals surface area contributed by atoms with Crippen LogP contribution in [0.2, 0.25) is 0 Å². The molecule has 1 atom stereocenters. The molecule has 0 fully saturated rings. The van der Waals surface area contributed by atoms with Crippen LogP contribution in [0.15, 0.2) is 36.5 Å². The predicted molar refractivity (Wildman–Crippen MR) is 122 cm³/mol.